The largest absolute Gasteiger partial charge is 0.501 e. The van der Waals surface area contributed by atoms with Crippen molar-refractivity contribution in [2.24, 2.45) is 5.41 Å². The molecule has 4 nitrogen and oxygen atoms in total. The standard InChI is InChI=1S/C31H27N2O.C17H20N.Ir/c1-19(2)21-12-9-13-22(20(3)4)29(21)33-27-17-7-6-16-26(27)32-31(33)25-15-10-14-24-23-11-5-8-18-28(23)34-30(24)25;1-13-12-18-16(14-8-6-5-7-9-14)10-15(13)11-17(2,3)4;/h5-14,16-20H,1-4H3;5-8,10,12H,11H2,1-4H3;/q2*-1;/i;1D3,11D2;. The fourth-order valence-corrected chi connectivity index (χ4v) is 6.71. The summed E-state index contributed by atoms with van der Waals surface area (Å²) in [4.78, 5) is 9.37. The number of hydrogen-bond acceptors (Lipinski definition) is 3. The van der Waals surface area contributed by atoms with Crippen LogP contribution < -0.4 is 0 Å². The van der Waals surface area contributed by atoms with E-state index in [1.807, 2.05) is 42.5 Å². The molecule has 8 rings (SSSR count). The number of fused-ring (bicyclic) bond motifs is 4. The molecule has 3 aromatic heterocycles. The van der Waals surface area contributed by atoms with Crippen molar-refractivity contribution in [1.82, 2.24) is 14.5 Å². The molecule has 53 heavy (non-hydrogen) atoms. The van der Waals surface area contributed by atoms with Gasteiger partial charge in [0.15, 0.2) is 0 Å². The Bertz CT molecular complexity index is 2680. The van der Waals surface area contributed by atoms with E-state index < -0.39 is 18.6 Å². The van der Waals surface area contributed by atoms with Crippen LogP contribution in [0.1, 0.15) is 89.4 Å². The molecular weight excluding hydrogens is 827 g/mol. The molecule has 0 bridgehead atoms. The van der Waals surface area contributed by atoms with Crippen molar-refractivity contribution in [1.29, 1.82) is 0 Å². The van der Waals surface area contributed by atoms with E-state index in [0.717, 1.165) is 44.4 Å². The van der Waals surface area contributed by atoms with Crippen LogP contribution in [0, 0.1) is 24.4 Å². The smallest absolute Gasteiger partial charge is 0.120 e. The zero-order chi connectivity index (χ0) is 40.9. The third kappa shape index (κ3) is 7.79. The van der Waals surface area contributed by atoms with Crippen molar-refractivity contribution in [3.63, 3.8) is 0 Å². The molecule has 0 amide bonds. The summed E-state index contributed by atoms with van der Waals surface area (Å²) < 4.78 is 48.8. The van der Waals surface area contributed by atoms with Crippen molar-refractivity contribution in [2.75, 3.05) is 0 Å². The van der Waals surface area contributed by atoms with Crippen molar-refractivity contribution < 1.29 is 31.4 Å². The van der Waals surface area contributed by atoms with Crippen LogP contribution in [-0.2, 0) is 26.5 Å². The molecule has 0 saturated heterocycles. The van der Waals surface area contributed by atoms with E-state index in [9.17, 15) is 0 Å². The minimum Gasteiger partial charge on any atom is -0.501 e. The van der Waals surface area contributed by atoms with Crippen LogP contribution in [0.2, 0.25) is 0 Å². The third-order valence-electron chi connectivity index (χ3n) is 9.09. The molecule has 5 aromatic carbocycles. The van der Waals surface area contributed by atoms with Crippen LogP contribution in [0.15, 0.2) is 120 Å². The van der Waals surface area contributed by atoms with Crippen LogP contribution in [-0.4, -0.2) is 14.5 Å². The molecule has 3 heterocycles. The van der Waals surface area contributed by atoms with Gasteiger partial charge in [0.05, 0.1) is 22.4 Å². The van der Waals surface area contributed by atoms with Crippen molar-refractivity contribution >= 4 is 33.0 Å². The number of imidazole rings is 1. The van der Waals surface area contributed by atoms with E-state index in [1.165, 1.54) is 23.0 Å². The summed E-state index contributed by atoms with van der Waals surface area (Å²) >= 11 is 0. The number of pyridine rings is 1. The van der Waals surface area contributed by atoms with Gasteiger partial charge in [-0.3, -0.25) is 4.98 Å². The van der Waals surface area contributed by atoms with Gasteiger partial charge in [-0.15, -0.1) is 54.1 Å². The fraction of sp³-hybridized carbons (Fsp3) is 0.250. The van der Waals surface area contributed by atoms with E-state index >= 15 is 0 Å². The maximum Gasteiger partial charge on any atom is 0.120 e. The van der Waals surface area contributed by atoms with Crippen LogP contribution in [0.4, 0.5) is 0 Å². The third-order valence-corrected chi connectivity index (χ3v) is 9.09. The summed E-state index contributed by atoms with van der Waals surface area (Å²) in [6.45, 7) is 11.9. The molecule has 5 heteroatoms. The SMILES string of the molecule is CC(C)c1cccc(C(C)C)c1-n1c(-c2[c-]ccc3c2oc2ccccc23)nc2ccccc21.[2H]C([2H])([2H])c1cnc(-c2[c-]cccc2)cc1C([2H])([2H])C(C)(C)C.[Ir]. The molecule has 0 aliphatic carbocycles. The summed E-state index contributed by atoms with van der Waals surface area (Å²) in [5.41, 5.74) is 9.07. The Morgan fingerprint density at radius 1 is 0.811 bits per heavy atom. The van der Waals surface area contributed by atoms with E-state index in [0.29, 0.717) is 23.1 Å². The first-order valence-electron chi connectivity index (χ1n) is 20.4. The van der Waals surface area contributed by atoms with Gasteiger partial charge in [-0.05, 0) is 71.1 Å². The van der Waals surface area contributed by atoms with E-state index in [4.69, 9.17) is 16.3 Å². The molecule has 0 aliphatic rings. The van der Waals surface area contributed by atoms with Gasteiger partial charge in [-0.1, -0.05) is 120 Å². The number of aromatic nitrogens is 3. The zero-order valence-corrected chi connectivity index (χ0v) is 33.6. The van der Waals surface area contributed by atoms with Gasteiger partial charge in [0.1, 0.15) is 5.58 Å². The molecule has 0 atom stereocenters. The van der Waals surface area contributed by atoms with Crippen LogP contribution in [0.5, 0.6) is 0 Å². The normalized spacial score (nSPS) is 13.6. The van der Waals surface area contributed by atoms with Crippen LogP contribution >= 0.6 is 0 Å². The van der Waals surface area contributed by atoms with Crippen LogP contribution in [0.25, 0.3) is 61.3 Å². The van der Waals surface area contributed by atoms with Gasteiger partial charge in [0.25, 0.3) is 0 Å². The number of rotatable bonds is 6. The molecule has 0 N–H and O–H groups in total. The minimum atomic E-state index is -2.42. The Hall–Kier alpha value is -4.83. The average molecular weight is 879 g/mol. The van der Waals surface area contributed by atoms with Crippen molar-refractivity contribution in [2.45, 2.75) is 73.5 Å². The number of aryl methyl sites for hydroxylation is 1. The molecule has 0 aliphatic heterocycles. The van der Waals surface area contributed by atoms with Crippen LogP contribution in [0.3, 0.4) is 0 Å². The van der Waals surface area contributed by atoms with Gasteiger partial charge < -0.3 is 14.0 Å². The predicted molar refractivity (Wildman–Crippen MR) is 217 cm³/mol. The van der Waals surface area contributed by atoms with Gasteiger partial charge in [0, 0.05) is 44.2 Å². The topological polar surface area (TPSA) is 43.9 Å². The molecule has 0 fully saturated rings. The maximum atomic E-state index is 8.48. The van der Waals surface area contributed by atoms with Gasteiger partial charge >= 0.3 is 0 Å². The zero-order valence-electron chi connectivity index (χ0n) is 36.2. The molecule has 0 unspecified atom stereocenters. The van der Waals surface area contributed by atoms with Gasteiger partial charge in [0.2, 0.25) is 0 Å². The molecule has 271 valence electrons. The average Bonchev–Trinajstić information content (AvgIpc) is 3.76. The number of para-hydroxylation sites is 4. The first-order chi connectivity index (χ1) is 27.0. The summed E-state index contributed by atoms with van der Waals surface area (Å²) in [6, 6.07) is 42.6. The quantitative estimate of drug-likeness (QED) is 0.156. The van der Waals surface area contributed by atoms with E-state index in [1.54, 1.807) is 32.9 Å². The minimum absolute atomic E-state index is 0. The summed E-state index contributed by atoms with van der Waals surface area (Å²) in [7, 11) is 0. The Balaban J connectivity index is 0.000000208. The Labute approximate surface area is 334 Å². The summed E-state index contributed by atoms with van der Waals surface area (Å²) in [5.74, 6) is 1.60. The first-order valence-corrected chi connectivity index (χ1v) is 17.9. The van der Waals surface area contributed by atoms with Gasteiger partial charge in [-0.25, -0.2) is 0 Å². The van der Waals surface area contributed by atoms with Crippen molar-refractivity contribution in [3.05, 3.63) is 150 Å². The Kier molecular flexibility index (Phi) is 9.35. The molecule has 1 radical (unpaired) electrons. The number of benzene rings is 5. The van der Waals surface area contributed by atoms with Gasteiger partial charge in [-0.2, -0.15) is 0 Å². The number of nitrogens with zero attached hydrogens (tertiary/aromatic N) is 3. The van der Waals surface area contributed by atoms with E-state index in [2.05, 4.69) is 104 Å². The van der Waals surface area contributed by atoms with Crippen molar-refractivity contribution in [3.8, 4) is 28.3 Å². The second-order valence-corrected chi connectivity index (χ2v) is 14.8. The Morgan fingerprint density at radius 3 is 2.23 bits per heavy atom. The summed E-state index contributed by atoms with van der Waals surface area (Å²) in [5, 5.41) is 2.20. The summed E-state index contributed by atoms with van der Waals surface area (Å²) in [6.07, 6.45) is -0.550. The molecular formula is C48H47IrN3O-2. The second kappa shape index (κ2) is 15.6. The first kappa shape index (κ1) is 31.7. The second-order valence-electron chi connectivity index (χ2n) is 14.8. The predicted octanol–water partition coefficient (Wildman–Crippen LogP) is 13.1. The monoisotopic (exact) mass is 879 g/mol. The molecule has 0 spiro atoms. The number of furan rings is 1. The Morgan fingerprint density at radius 2 is 1.53 bits per heavy atom. The molecule has 8 aromatic rings. The number of hydrogen-bond donors (Lipinski definition) is 0. The fourth-order valence-electron chi connectivity index (χ4n) is 6.71. The van der Waals surface area contributed by atoms with E-state index in [-0.39, 0.29) is 31.2 Å². The molecule has 0 saturated carbocycles. The maximum absolute atomic E-state index is 8.48.